The number of halogens is 2. The molecule has 2 atom stereocenters. The third-order valence-electron chi connectivity index (χ3n) is 4.34. The van der Waals surface area contributed by atoms with E-state index in [2.05, 4.69) is 49.3 Å². The summed E-state index contributed by atoms with van der Waals surface area (Å²) in [6, 6.07) is 16.4. The highest BCUT2D eigenvalue weighted by Gasteiger charge is 2.31. The zero-order valence-electron chi connectivity index (χ0n) is 12.8. The molecule has 4 heteroatoms. The fraction of sp³-hybridized carbons (Fsp3) is 0.316. The average Bonchev–Trinajstić information content (AvgIpc) is 2.53. The molecule has 3 rings (SSSR count). The van der Waals surface area contributed by atoms with E-state index in [9.17, 15) is 4.79 Å². The molecule has 1 aliphatic rings. The Morgan fingerprint density at radius 1 is 1.00 bits per heavy atom. The molecule has 2 aromatic rings. The van der Waals surface area contributed by atoms with Crippen molar-refractivity contribution in [2.45, 2.75) is 31.7 Å². The molecule has 1 N–H and O–H groups in total. The van der Waals surface area contributed by atoms with Crippen molar-refractivity contribution < 1.29 is 4.79 Å². The maximum atomic E-state index is 12.5. The standard InChI is InChI=1S/C19H19Br2NO/c20-14-10-13(11-15(21)12-14)19(17-8-4-5-9-18(17)23)22-16-6-2-1-3-7-16/h1-3,6-7,10-12,17,19,22H,4-5,8-9H2/t17?,19-/m1/s1. The number of para-hydroxylation sites is 1. The van der Waals surface area contributed by atoms with Crippen molar-refractivity contribution in [1.82, 2.24) is 0 Å². The zero-order chi connectivity index (χ0) is 16.2. The van der Waals surface area contributed by atoms with Crippen molar-refractivity contribution in [3.8, 4) is 0 Å². The summed E-state index contributed by atoms with van der Waals surface area (Å²) in [5, 5.41) is 3.59. The van der Waals surface area contributed by atoms with Gasteiger partial charge in [0.1, 0.15) is 5.78 Å². The van der Waals surface area contributed by atoms with Crippen molar-refractivity contribution in [3.63, 3.8) is 0 Å². The first-order valence-electron chi connectivity index (χ1n) is 7.94. The fourth-order valence-corrected chi connectivity index (χ4v) is 4.58. The Hall–Kier alpha value is -1.13. The Kier molecular flexibility index (Phi) is 5.54. The first kappa shape index (κ1) is 16.7. The number of hydrogen-bond acceptors (Lipinski definition) is 2. The summed E-state index contributed by atoms with van der Waals surface area (Å²) in [5.74, 6) is 0.408. The quantitative estimate of drug-likeness (QED) is 0.624. The van der Waals surface area contributed by atoms with Gasteiger partial charge >= 0.3 is 0 Å². The van der Waals surface area contributed by atoms with Gasteiger partial charge in [-0.3, -0.25) is 4.79 Å². The molecule has 23 heavy (non-hydrogen) atoms. The van der Waals surface area contributed by atoms with E-state index in [0.29, 0.717) is 12.2 Å². The smallest absolute Gasteiger partial charge is 0.138 e. The Balaban J connectivity index is 1.96. The van der Waals surface area contributed by atoms with Crippen LogP contribution in [0, 0.1) is 5.92 Å². The van der Waals surface area contributed by atoms with Gasteiger partial charge in [-0.2, -0.15) is 0 Å². The van der Waals surface area contributed by atoms with Gasteiger partial charge in [0.2, 0.25) is 0 Å². The first-order chi connectivity index (χ1) is 11.1. The molecule has 0 amide bonds. The van der Waals surface area contributed by atoms with Crippen LogP contribution < -0.4 is 5.32 Å². The second kappa shape index (κ2) is 7.63. The lowest BCUT2D eigenvalue weighted by molar-refractivity contribution is -0.125. The van der Waals surface area contributed by atoms with E-state index >= 15 is 0 Å². The summed E-state index contributed by atoms with van der Waals surface area (Å²) < 4.78 is 2.04. The van der Waals surface area contributed by atoms with E-state index in [1.807, 2.05) is 36.4 Å². The predicted molar refractivity (Wildman–Crippen MR) is 102 cm³/mol. The average molecular weight is 437 g/mol. The van der Waals surface area contributed by atoms with Crippen LogP contribution in [0.3, 0.4) is 0 Å². The number of anilines is 1. The van der Waals surface area contributed by atoms with Gasteiger partial charge in [0, 0.05) is 27.0 Å². The number of carbonyl (C=O) groups excluding carboxylic acids is 1. The SMILES string of the molecule is O=C1CCCCC1[C@H](Nc1ccccc1)c1cc(Br)cc(Br)c1. The summed E-state index contributed by atoms with van der Waals surface area (Å²) in [7, 11) is 0. The number of nitrogens with one attached hydrogen (secondary N) is 1. The van der Waals surface area contributed by atoms with E-state index in [1.54, 1.807) is 0 Å². The molecule has 0 saturated heterocycles. The molecule has 1 saturated carbocycles. The van der Waals surface area contributed by atoms with E-state index in [4.69, 9.17) is 0 Å². The van der Waals surface area contributed by atoms with E-state index in [1.165, 1.54) is 0 Å². The van der Waals surface area contributed by atoms with Crippen LogP contribution in [0.2, 0.25) is 0 Å². The van der Waals surface area contributed by atoms with Gasteiger partial charge in [-0.25, -0.2) is 0 Å². The molecular formula is C19H19Br2NO. The molecule has 0 radical (unpaired) electrons. The molecule has 1 fully saturated rings. The summed E-state index contributed by atoms with van der Waals surface area (Å²) in [5.41, 5.74) is 2.18. The summed E-state index contributed by atoms with van der Waals surface area (Å²) in [4.78, 5) is 12.5. The molecule has 1 aliphatic carbocycles. The highest BCUT2D eigenvalue weighted by atomic mass is 79.9. The minimum absolute atomic E-state index is 0.000926. The lowest BCUT2D eigenvalue weighted by Crippen LogP contribution is -2.30. The Morgan fingerprint density at radius 3 is 2.35 bits per heavy atom. The van der Waals surface area contributed by atoms with Crippen LogP contribution in [0.1, 0.15) is 37.3 Å². The Labute approximate surface area is 153 Å². The Bertz CT molecular complexity index is 667. The summed E-state index contributed by atoms with van der Waals surface area (Å²) in [6.07, 6.45) is 3.80. The molecule has 0 aliphatic heterocycles. The van der Waals surface area contributed by atoms with E-state index < -0.39 is 0 Å². The number of Topliss-reactive ketones (excluding diaryl/α,β-unsaturated/α-hetero) is 1. The predicted octanol–water partition coefficient (Wildman–Crippen LogP) is 6.12. The lowest BCUT2D eigenvalue weighted by atomic mass is 9.80. The molecule has 1 unspecified atom stereocenters. The van der Waals surface area contributed by atoms with Crippen LogP contribution in [-0.2, 0) is 4.79 Å². The first-order valence-corrected chi connectivity index (χ1v) is 9.52. The molecule has 0 spiro atoms. The van der Waals surface area contributed by atoms with E-state index in [0.717, 1.165) is 39.5 Å². The largest absolute Gasteiger partial charge is 0.378 e. The Morgan fingerprint density at radius 2 is 1.70 bits per heavy atom. The topological polar surface area (TPSA) is 29.1 Å². The third-order valence-corrected chi connectivity index (χ3v) is 5.26. The monoisotopic (exact) mass is 435 g/mol. The maximum absolute atomic E-state index is 12.5. The van der Waals surface area contributed by atoms with Crippen LogP contribution >= 0.6 is 31.9 Å². The normalized spacial score (nSPS) is 19.4. The number of rotatable bonds is 4. The minimum atomic E-state index is -0.000926. The van der Waals surface area contributed by atoms with Gasteiger partial charge < -0.3 is 5.32 Å². The minimum Gasteiger partial charge on any atom is -0.378 e. The fourth-order valence-electron chi connectivity index (χ4n) is 3.25. The van der Waals surface area contributed by atoms with Crippen molar-refractivity contribution in [2.24, 2.45) is 5.92 Å². The molecular weight excluding hydrogens is 418 g/mol. The van der Waals surface area contributed by atoms with Gasteiger partial charge in [-0.1, -0.05) is 56.5 Å². The number of hydrogen-bond donors (Lipinski definition) is 1. The second-order valence-electron chi connectivity index (χ2n) is 6.01. The number of ketones is 1. The highest BCUT2D eigenvalue weighted by molar-refractivity contribution is 9.11. The number of benzene rings is 2. The van der Waals surface area contributed by atoms with Crippen LogP contribution in [0.25, 0.3) is 0 Å². The van der Waals surface area contributed by atoms with Crippen molar-refractivity contribution in [2.75, 3.05) is 5.32 Å². The molecule has 0 aromatic heterocycles. The van der Waals surface area contributed by atoms with Crippen LogP contribution in [0.15, 0.2) is 57.5 Å². The van der Waals surface area contributed by atoms with Gasteiger partial charge in [0.15, 0.2) is 0 Å². The maximum Gasteiger partial charge on any atom is 0.138 e. The van der Waals surface area contributed by atoms with Crippen LogP contribution in [-0.4, -0.2) is 5.78 Å². The second-order valence-corrected chi connectivity index (χ2v) is 7.84. The lowest BCUT2D eigenvalue weighted by Gasteiger charge is -2.31. The van der Waals surface area contributed by atoms with Gasteiger partial charge in [0.05, 0.1) is 6.04 Å². The van der Waals surface area contributed by atoms with Crippen molar-refractivity contribution >= 4 is 43.3 Å². The van der Waals surface area contributed by atoms with Crippen LogP contribution in [0.5, 0.6) is 0 Å². The number of carbonyl (C=O) groups is 1. The van der Waals surface area contributed by atoms with Gasteiger partial charge in [-0.05, 0) is 48.7 Å². The van der Waals surface area contributed by atoms with Crippen molar-refractivity contribution in [1.29, 1.82) is 0 Å². The third kappa shape index (κ3) is 4.24. The van der Waals surface area contributed by atoms with Gasteiger partial charge in [0.25, 0.3) is 0 Å². The summed E-state index contributed by atoms with van der Waals surface area (Å²) >= 11 is 7.13. The van der Waals surface area contributed by atoms with E-state index in [-0.39, 0.29) is 12.0 Å². The molecule has 0 bridgehead atoms. The van der Waals surface area contributed by atoms with Gasteiger partial charge in [-0.15, -0.1) is 0 Å². The molecule has 120 valence electrons. The summed E-state index contributed by atoms with van der Waals surface area (Å²) in [6.45, 7) is 0. The van der Waals surface area contributed by atoms with Crippen molar-refractivity contribution in [3.05, 3.63) is 63.0 Å². The molecule has 2 nitrogen and oxygen atoms in total. The molecule has 0 heterocycles. The van der Waals surface area contributed by atoms with Crippen LogP contribution in [0.4, 0.5) is 5.69 Å². The zero-order valence-corrected chi connectivity index (χ0v) is 15.9. The molecule has 2 aromatic carbocycles. The highest BCUT2D eigenvalue weighted by Crippen LogP contribution is 2.36.